The van der Waals surface area contributed by atoms with Gasteiger partial charge in [0.2, 0.25) is 0 Å². The number of anilines is 1. The second-order valence-electron chi connectivity index (χ2n) is 7.08. The van der Waals surface area contributed by atoms with Crippen LogP contribution in [0.1, 0.15) is 23.6 Å². The van der Waals surface area contributed by atoms with Crippen LogP contribution in [0.2, 0.25) is 0 Å². The summed E-state index contributed by atoms with van der Waals surface area (Å²) in [6.07, 6.45) is 5.83. The Bertz CT molecular complexity index is 934. The maximum Gasteiger partial charge on any atom is 0.149 e. The molecule has 0 aromatic heterocycles. The first-order valence-corrected chi connectivity index (χ1v) is 9.72. The summed E-state index contributed by atoms with van der Waals surface area (Å²) >= 11 is 0. The van der Waals surface area contributed by atoms with Gasteiger partial charge in [0.1, 0.15) is 5.84 Å². The van der Waals surface area contributed by atoms with Crippen LogP contribution in [0.25, 0.3) is 5.70 Å². The highest BCUT2D eigenvalue weighted by atomic mass is 15.2. The largest absolute Gasteiger partial charge is 0.378 e. The van der Waals surface area contributed by atoms with Crippen molar-refractivity contribution in [1.82, 2.24) is 10.2 Å². The Hall–Kier alpha value is -3.31. The average Bonchev–Trinajstić information content (AvgIpc) is 2.75. The highest BCUT2D eigenvalue weighted by Gasteiger charge is 2.19. The average molecular weight is 388 g/mol. The Balaban J connectivity index is 1.71. The molecule has 0 atom stereocenters. The quantitative estimate of drug-likeness (QED) is 0.785. The molecule has 1 heterocycles. The summed E-state index contributed by atoms with van der Waals surface area (Å²) in [7, 11) is 4.08. The Morgan fingerprint density at radius 3 is 2.34 bits per heavy atom. The number of nitrogens with zero attached hydrogens (tertiary/aromatic N) is 3. The van der Waals surface area contributed by atoms with Crippen molar-refractivity contribution in [2.45, 2.75) is 20.0 Å². The Labute approximate surface area is 173 Å². The van der Waals surface area contributed by atoms with Crippen LogP contribution in [-0.4, -0.2) is 24.8 Å². The summed E-state index contributed by atoms with van der Waals surface area (Å²) in [5, 5.41) is 3.40. The van der Waals surface area contributed by atoms with E-state index in [-0.39, 0.29) is 0 Å². The molecule has 5 heteroatoms. The topological polar surface area (TPSA) is 56.9 Å². The van der Waals surface area contributed by atoms with Crippen molar-refractivity contribution in [1.29, 1.82) is 0 Å². The Morgan fingerprint density at radius 2 is 1.76 bits per heavy atom. The lowest BCUT2D eigenvalue weighted by Gasteiger charge is -2.29. The van der Waals surface area contributed by atoms with E-state index in [0.29, 0.717) is 13.1 Å². The van der Waals surface area contributed by atoms with Crippen LogP contribution in [0.4, 0.5) is 5.69 Å². The Morgan fingerprint density at radius 1 is 1.10 bits per heavy atom. The lowest BCUT2D eigenvalue weighted by molar-refractivity contribution is 0.671. The van der Waals surface area contributed by atoms with Gasteiger partial charge >= 0.3 is 0 Å². The van der Waals surface area contributed by atoms with Gasteiger partial charge in [0.05, 0.1) is 5.70 Å². The van der Waals surface area contributed by atoms with E-state index < -0.39 is 0 Å². The van der Waals surface area contributed by atoms with Gasteiger partial charge in [0.15, 0.2) is 0 Å². The molecular weight excluding hydrogens is 358 g/mol. The van der Waals surface area contributed by atoms with Crippen molar-refractivity contribution in [2.24, 2.45) is 10.7 Å². The van der Waals surface area contributed by atoms with Crippen LogP contribution in [0.15, 0.2) is 84.3 Å². The number of hydrogen-bond acceptors (Lipinski definition) is 5. The fraction of sp³-hybridized carbons (Fsp3) is 0.208. The maximum absolute atomic E-state index is 5.67. The molecule has 0 fully saturated rings. The second kappa shape index (κ2) is 9.26. The maximum atomic E-state index is 5.67. The van der Waals surface area contributed by atoms with Gasteiger partial charge in [-0.1, -0.05) is 49.1 Å². The van der Waals surface area contributed by atoms with Gasteiger partial charge in [-0.25, -0.2) is 4.99 Å². The number of amidine groups is 1. The number of allylic oxidation sites excluding steroid dienone is 1. The van der Waals surface area contributed by atoms with E-state index in [1.54, 1.807) is 6.20 Å². The molecule has 2 aromatic rings. The molecule has 1 aliphatic heterocycles. The molecule has 1 aliphatic rings. The monoisotopic (exact) mass is 387 g/mol. The zero-order valence-electron chi connectivity index (χ0n) is 17.4. The third kappa shape index (κ3) is 4.76. The van der Waals surface area contributed by atoms with Gasteiger partial charge < -0.3 is 20.9 Å². The predicted octanol–water partition coefficient (Wildman–Crippen LogP) is 4.06. The molecule has 0 aliphatic carbocycles. The SMILES string of the molecule is C=C1C(NCc2ccc(CN)cc2)=NC=CN1/C(=C\C)c1ccc(N(C)C)cc1. The summed E-state index contributed by atoms with van der Waals surface area (Å²) in [4.78, 5) is 8.64. The number of benzene rings is 2. The molecule has 0 unspecified atom stereocenters. The molecule has 5 nitrogen and oxygen atoms in total. The van der Waals surface area contributed by atoms with Crippen molar-refractivity contribution in [3.63, 3.8) is 0 Å². The summed E-state index contributed by atoms with van der Waals surface area (Å²) in [5.41, 5.74) is 12.1. The minimum absolute atomic E-state index is 0.554. The normalized spacial score (nSPS) is 14.1. The van der Waals surface area contributed by atoms with E-state index in [0.717, 1.165) is 28.4 Å². The molecule has 2 aromatic carbocycles. The molecule has 0 amide bonds. The van der Waals surface area contributed by atoms with Gasteiger partial charge in [-0.05, 0) is 35.7 Å². The smallest absolute Gasteiger partial charge is 0.149 e. The van der Waals surface area contributed by atoms with Gasteiger partial charge in [-0.15, -0.1) is 0 Å². The standard InChI is InChI=1S/C24H29N5/c1-5-23(21-10-12-22(13-11-21)28(3)4)29-15-14-26-24(18(29)2)27-17-20-8-6-19(16-25)7-9-20/h5-15H,2,16-17,25H2,1,3-4H3,(H,26,27)/b23-5-. The first-order valence-electron chi connectivity index (χ1n) is 9.72. The third-order valence-corrected chi connectivity index (χ3v) is 4.91. The molecule has 3 rings (SSSR count). The highest BCUT2D eigenvalue weighted by molar-refractivity contribution is 6.00. The molecular formula is C24H29N5. The van der Waals surface area contributed by atoms with Crippen LogP contribution in [-0.2, 0) is 13.1 Å². The summed E-state index contributed by atoms with van der Waals surface area (Å²) < 4.78 is 0. The zero-order chi connectivity index (χ0) is 20.8. The van der Waals surface area contributed by atoms with Gasteiger partial charge in [0.25, 0.3) is 0 Å². The van der Waals surface area contributed by atoms with E-state index in [2.05, 4.69) is 81.3 Å². The highest BCUT2D eigenvalue weighted by Crippen LogP contribution is 2.27. The molecule has 0 spiro atoms. The fourth-order valence-electron chi connectivity index (χ4n) is 3.18. The van der Waals surface area contributed by atoms with E-state index in [9.17, 15) is 0 Å². The number of hydrogen-bond donors (Lipinski definition) is 2. The lowest BCUT2D eigenvalue weighted by atomic mass is 10.1. The van der Waals surface area contributed by atoms with Gasteiger partial charge in [0, 0.05) is 51.0 Å². The first-order chi connectivity index (χ1) is 14.0. The van der Waals surface area contributed by atoms with Gasteiger partial charge in [-0.3, -0.25) is 0 Å². The van der Waals surface area contributed by atoms with Crippen molar-refractivity contribution in [3.8, 4) is 0 Å². The lowest BCUT2D eigenvalue weighted by Crippen LogP contribution is -2.33. The van der Waals surface area contributed by atoms with Gasteiger partial charge in [-0.2, -0.15) is 0 Å². The van der Waals surface area contributed by atoms with Crippen molar-refractivity contribution in [2.75, 3.05) is 19.0 Å². The van der Waals surface area contributed by atoms with Crippen molar-refractivity contribution >= 4 is 17.2 Å². The molecule has 29 heavy (non-hydrogen) atoms. The minimum atomic E-state index is 0.554. The van der Waals surface area contributed by atoms with E-state index in [4.69, 9.17) is 5.73 Å². The van der Waals surface area contributed by atoms with Crippen LogP contribution in [0, 0.1) is 0 Å². The van der Waals surface area contributed by atoms with Crippen LogP contribution < -0.4 is 16.0 Å². The number of nitrogens with two attached hydrogens (primary N) is 1. The third-order valence-electron chi connectivity index (χ3n) is 4.91. The second-order valence-corrected chi connectivity index (χ2v) is 7.08. The summed E-state index contributed by atoms with van der Waals surface area (Å²) in [5.74, 6) is 0.764. The minimum Gasteiger partial charge on any atom is -0.378 e. The number of aliphatic imine (C=N–C) groups is 1. The molecule has 0 saturated carbocycles. The number of nitrogens with one attached hydrogen (secondary N) is 1. The van der Waals surface area contributed by atoms with Crippen molar-refractivity contribution < 1.29 is 0 Å². The molecule has 3 N–H and O–H groups in total. The molecule has 150 valence electrons. The van der Waals surface area contributed by atoms with E-state index >= 15 is 0 Å². The predicted molar refractivity (Wildman–Crippen MR) is 123 cm³/mol. The van der Waals surface area contributed by atoms with Crippen LogP contribution in [0.5, 0.6) is 0 Å². The van der Waals surface area contributed by atoms with Crippen molar-refractivity contribution in [3.05, 3.63) is 96.0 Å². The Kier molecular flexibility index (Phi) is 6.52. The summed E-state index contributed by atoms with van der Waals surface area (Å²) in [6.45, 7) is 7.54. The van der Waals surface area contributed by atoms with Crippen LogP contribution in [0.3, 0.4) is 0 Å². The van der Waals surface area contributed by atoms with Crippen LogP contribution >= 0.6 is 0 Å². The fourth-order valence-corrected chi connectivity index (χ4v) is 3.18. The zero-order valence-corrected chi connectivity index (χ0v) is 17.4. The first kappa shape index (κ1) is 20.4. The molecule has 0 saturated heterocycles. The molecule has 0 radical (unpaired) electrons. The van der Waals surface area contributed by atoms with E-state index in [1.165, 1.54) is 11.3 Å². The molecule has 0 bridgehead atoms. The van der Waals surface area contributed by atoms with E-state index in [1.807, 2.05) is 27.2 Å². The summed E-state index contributed by atoms with van der Waals surface area (Å²) in [6, 6.07) is 16.8. The number of rotatable bonds is 6.